The highest BCUT2D eigenvalue weighted by molar-refractivity contribution is 5.65. The molecule has 90 valence electrons. The fraction of sp³-hybridized carbons (Fsp3) is 0.143. The molecule has 4 nitrogen and oxygen atoms in total. The van der Waals surface area contributed by atoms with Gasteiger partial charge in [-0.3, -0.25) is 0 Å². The molecule has 0 aliphatic rings. The number of nitrogen functional groups attached to an aromatic ring is 1. The van der Waals surface area contributed by atoms with E-state index in [-0.39, 0.29) is 5.95 Å². The van der Waals surface area contributed by atoms with Crippen molar-refractivity contribution in [1.29, 1.82) is 0 Å². The molecule has 1 aromatic carbocycles. The number of aromatic nitrogens is 2. The fourth-order valence-corrected chi connectivity index (χ4v) is 1.73. The van der Waals surface area contributed by atoms with Crippen molar-refractivity contribution >= 4 is 5.95 Å². The number of ether oxygens (including phenoxy) is 1. The first-order valence-electron chi connectivity index (χ1n) is 5.43. The van der Waals surface area contributed by atoms with E-state index in [0.717, 1.165) is 11.1 Å². The van der Waals surface area contributed by atoms with Crippen LogP contribution < -0.4 is 5.73 Å². The molecule has 18 heavy (non-hydrogen) atoms. The van der Waals surface area contributed by atoms with Crippen LogP contribution in [0.3, 0.4) is 0 Å². The van der Waals surface area contributed by atoms with Crippen LogP contribution in [0.5, 0.6) is 0 Å². The number of anilines is 1. The van der Waals surface area contributed by atoms with Gasteiger partial charge in [0.05, 0.1) is 12.3 Å². The smallest absolute Gasteiger partial charge is 0.221 e. The lowest BCUT2D eigenvalue weighted by molar-refractivity contribution is 0.185. The molecule has 0 aliphatic carbocycles. The zero-order chi connectivity index (χ0) is 13.0. The summed E-state index contributed by atoms with van der Waals surface area (Å²) in [5, 5.41) is 0. The van der Waals surface area contributed by atoms with Crippen LogP contribution >= 0.6 is 0 Å². The van der Waals surface area contributed by atoms with Crippen LogP contribution in [0.15, 0.2) is 30.3 Å². The van der Waals surface area contributed by atoms with Gasteiger partial charge >= 0.3 is 0 Å². The Balaban J connectivity index is 2.55. The van der Waals surface area contributed by atoms with Crippen LogP contribution in [0.2, 0.25) is 0 Å². The van der Waals surface area contributed by atoms with Gasteiger partial charge in [-0.1, -0.05) is 30.2 Å². The third-order valence-electron chi connectivity index (χ3n) is 2.48. The van der Waals surface area contributed by atoms with E-state index in [1.165, 1.54) is 0 Å². The quantitative estimate of drug-likeness (QED) is 0.830. The number of hydrogen-bond acceptors (Lipinski definition) is 4. The van der Waals surface area contributed by atoms with Gasteiger partial charge in [0, 0.05) is 12.7 Å². The second-order valence-corrected chi connectivity index (χ2v) is 3.73. The third kappa shape index (κ3) is 2.47. The Labute approximate surface area is 106 Å². The summed E-state index contributed by atoms with van der Waals surface area (Å²) in [4.78, 5) is 8.16. The second kappa shape index (κ2) is 5.30. The summed E-state index contributed by atoms with van der Waals surface area (Å²) in [6, 6.07) is 9.56. The van der Waals surface area contributed by atoms with E-state index in [9.17, 15) is 0 Å². The lowest BCUT2D eigenvalue weighted by Gasteiger charge is -2.08. The first kappa shape index (κ1) is 12.1. The minimum absolute atomic E-state index is 0.174. The molecule has 1 heterocycles. The van der Waals surface area contributed by atoms with E-state index in [2.05, 4.69) is 15.9 Å². The molecular formula is C14H13N3O. The fourth-order valence-electron chi connectivity index (χ4n) is 1.73. The Morgan fingerprint density at radius 3 is 2.83 bits per heavy atom. The van der Waals surface area contributed by atoms with Crippen LogP contribution in [-0.4, -0.2) is 17.1 Å². The molecule has 0 fully saturated rings. The van der Waals surface area contributed by atoms with Crippen LogP contribution in [-0.2, 0) is 11.3 Å². The lowest BCUT2D eigenvalue weighted by Crippen LogP contribution is -2.00. The molecule has 2 rings (SSSR count). The monoisotopic (exact) mass is 239 g/mol. The van der Waals surface area contributed by atoms with E-state index < -0.39 is 0 Å². The van der Waals surface area contributed by atoms with Crippen molar-refractivity contribution < 1.29 is 4.74 Å². The van der Waals surface area contributed by atoms with Crippen molar-refractivity contribution in [3.05, 3.63) is 41.6 Å². The maximum absolute atomic E-state index is 5.65. The van der Waals surface area contributed by atoms with Gasteiger partial charge in [0.2, 0.25) is 5.95 Å². The van der Waals surface area contributed by atoms with Crippen LogP contribution in [0.4, 0.5) is 5.95 Å². The van der Waals surface area contributed by atoms with E-state index in [1.807, 2.05) is 24.3 Å². The number of terminal acetylenes is 1. The van der Waals surface area contributed by atoms with Crippen LogP contribution in [0, 0.1) is 12.3 Å². The van der Waals surface area contributed by atoms with Gasteiger partial charge in [0.15, 0.2) is 0 Å². The predicted octanol–water partition coefficient (Wildman–Crippen LogP) is 1.85. The van der Waals surface area contributed by atoms with Gasteiger partial charge in [0.25, 0.3) is 0 Å². The minimum atomic E-state index is 0.174. The average molecular weight is 239 g/mol. The Bertz CT molecular complexity index is 602. The van der Waals surface area contributed by atoms with Gasteiger partial charge in [0.1, 0.15) is 5.69 Å². The molecule has 0 amide bonds. The maximum Gasteiger partial charge on any atom is 0.221 e. The molecule has 4 heteroatoms. The zero-order valence-corrected chi connectivity index (χ0v) is 10.1. The highest BCUT2D eigenvalue weighted by Gasteiger charge is 2.08. The molecular weight excluding hydrogens is 226 g/mol. The van der Waals surface area contributed by atoms with E-state index in [0.29, 0.717) is 18.0 Å². The summed E-state index contributed by atoms with van der Waals surface area (Å²) in [5.41, 5.74) is 8.81. The van der Waals surface area contributed by atoms with Crippen molar-refractivity contribution in [2.24, 2.45) is 0 Å². The van der Waals surface area contributed by atoms with Crippen LogP contribution in [0.1, 0.15) is 11.3 Å². The van der Waals surface area contributed by atoms with E-state index in [1.54, 1.807) is 13.2 Å². The summed E-state index contributed by atoms with van der Waals surface area (Å²) in [6.45, 7) is 0.505. The summed E-state index contributed by atoms with van der Waals surface area (Å²) >= 11 is 0. The first-order chi connectivity index (χ1) is 8.74. The maximum atomic E-state index is 5.65. The second-order valence-electron chi connectivity index (χ2n) is 3.73. The summed E-state index contributed by atoms with van der Waals surface area (Å²) in [6.07, 6.45) is 5.34. The standard InChI is InChI=1S/C14H13N3O/c1-3-11-8-13(17-14(15)16-11)12-7-5-4-6-10(12)9-18-2/h1,4-8H,9H2,2H3,(H2,15,16,17). The highest BCUT2D eigenvalue weighted by Crippen LogP contribution is 2.23. The number of rotatable bonds is 3. The number of hydrogen-bond donors (Lipinski definition) is 1. The normalized spacial score (nSPS) is 10.0. The Hall–Kier alpha value is -2.38. The predicted molar refractivity (Wildman–Crippen MR) is 70.5 cm³/mol. The van der Waals surface area contributed by atoms with Crippen molar-refractivity contribution in [2.45, 2.75) is 6.61 Å². The largest absolute Gasteiger partial charge is 0.380 e. The zero-order valence-electron chi connectivity index (χ0n) is 10.1. The topological polar surface area (TPSA) is 61.0 Å². The molecule has 0 bridgehead atoms. The van der Waals surface area contributed by atoms with Gasteiger partial charge in [-0.2, -0.15) is 0 Å². The Morgan fingerprint density at radius 1 is 1.33 bits per heavy atom. The summed E-state index contributed by atoms with van der Waals surface area (Å²) < 4.78 is 5.16. The molecule has 0 spiro atoms. The van der Waals surface area contributed by atoms with Crippen molar-refractivity contribution in [3.63, 3.8) is 0 Å². The molecule has 0 saturated heterocycles. The molecule has 0 radical (unpaired) electrons. The van der Waals surface area contributed by atoms with Crippen LogP contribution in [0.25, 0.3) is 11.3 Å². The third-order valence-corrected chi connectivity index (χ3v) is 2.48. The molecule has 2 N–H and O–H groups in total. The Morgan fingerprint density at radius 2 is 2.11 bits per heavy atom. The number of benzene rings is 1. The molecule has 0 aliphatic heterocycles. The SMILES string of the molecule is C#Cc1cc(-c2ccccc2COC)nc(N)n1. The molecule has 2 aromatic rings. The van der Waals surface area contributed by atoms with Gasteiger partial charge in [-0.15, -0.1) is 6.42 Å². The number of nitrogens with two attached hydrogens (primary N) is 1. The number of methoxy groups -OCH3 is 1. The average Bonchev–Trinajstić information content (AvgIpc) is 2.39. The van der Waals surface area contributed by atoms with Gasteiger partial charge < -0.3 is 10.5 Å². The Kier molecular flexibility index (Phi) is 3.56. The van der Waals surface area contributed by atoms with Crippen molar-refractivity contribution in [3.8, 4) is 23.6 Å². The lowest BCUT2D eigenvalue weighted by atomic mass is 10.0. The summed E-state index contributed by atoms with van der Waals surface area (Å²) in [7, 11) is 1.65. The molecule has 0 unspecified atom stereocenters. The number of nitrogens with zero attached hydrogens (tertiary/aromatic N) is 2. The van der Waals surface area contributed by atoms with Crippen molar-refractivity contribution in [2.75, 3.05) is 12.8 Å². The first-order valence-corrected chi connectivity index (χ1v) is 5.43. The highest BCUT2D eigenvalue weighted by atomic mass is 16.5. The van der Waals surface area contributed by atoms with Crippen molar-refractivity contribution in [1.82, 2.24) is 9.97 Å². The van der Waals surface area contributed by atoms with Gasteiger partial charge in [-0.05, 0) is 11.6 Å². The molecule has 0 saturated carbocycles. The minimum Gasteiger partial charge on any atom is -0.380 e. The van der Waals surface area contributed by atoms with E-state index >= 15 is 0 Å². The molecule has 0 atom stereocenters. The summed E-state index contributed by atoms with van der Waals surface area (Å²) in [5.74, 6) is 2.64. The molecule has 1 aromatic heterocycles. The van der Waals surface area contributed by atoms with E-state index in [4.69, 9.17) is 16.9 Å². The van der Waals surface area contributed by atoms with Gasteiger partial charge in [-0.25, -0.2) is 9.97 Å².